The molecule has 2 aromatic carbocycles. The van der Waals surface area contributed by atoms with Gasteiger partial charge in [0.25, 0.3) is 0 Å². The monoisotopic (exact) mass is 396 g/mol. The van der Waals surface area contributed by atoms with Crippen LogP contribution in [0.25, 0.3) is 11.1 Å². The van der Waals surface area contributed by atoms with E-state index < -0.39 is 17.9 Å². The lowest BCUT2D eigenvalue weighted by atomic mass is 9.84. The number of rotatable bonds is 6. The fraction of sp³-hybridized carbons (Fsp3) is 0.273. The number of ether oxygens (including phenoxy) is 3. The molecule has 7 nitrogen and oxygen atoms in total. The highest BCUT2D eigenvalue weighted by molar-refractivity contribution is 5.93. The summed E-state index contributed by atoms with van der Waals surface area (Å²) in [6, 6.07) is 13.0. The number of nitrogens with two attached hydrogens (primary N) is 2. The summed E-state index contributed by atoms with van der Waals surface area (Å²) in [6.07, 6.45) is -0.0561. The van der Waals surface area contributed by atoms with Crippen LogP contribution in [0.5, 0.6) is 5.75 Å². The zero-order chi connectivity index (χ0) is 21.0. The molecule has 29 heavy (non-hydrogen) atoms. The van der Waals surface area contributed by atoms with Gasteiger partial charge in [-0.1, -0.05) is 18.2 Å². The molecule has 0 fully saturated rings. The van der Waals surface area contributed by atoms with Crippen molar-refractivity contribution in [3.05, 3.63) is 59.5 Å². The molecule has 2 aromatic rings. The Labute approximate surface area is 169 Å². The molecular formula is C22H24N2O5. The summed E-state index contributed by atoms with van der Waals surface area (Å²) >= 11 is 0. The van der Waals surface area contributed by atoms with Gasteiger partial charge in [0, 0.05) is 17.2 Å². The summed E-state index contributed by atoms with van der Waals surface area (Å²) in [7, 11) is 0. The Hall–Kier alpha value is -3.48. The number of esters is 2. The van der Waals surface area contributed by atoms with Crippen LogP contribution in [0, 0.1) is 0 Å². The zero-order valence-electron chi connectivity index (χ0n) is 16.4. The van der Waals surface area contributed by atoms with E-state index in [1.807, 2.05) is 30.3 Å². The smallest absolute Gasteiger partial charge is 0.340 e. The molecule has 0 bridgehead atoms. The van der Waals surface area contributed by atoms with Crippen molar-refractivity contribution in [2.75, 3.05) is 18.9 Å². The van der Waals surface area contributed by atoms with E-state index >= 15 is 0 Å². The maximum atomic E-state index is 12.6. The highest BCUT2D eigenvalue weighted by Gasteiger charge is 2.36. The van der Waals surface area contributed by atoms with Crippen LogP contribution < -0.4 is 16.2 Å². The Balaban J connectivity index is 2.08. The van der Waals surface area contributed by atoms with Crippen molar-refractivity contribution in [3.8, 4) is 16.9 Å². The Bertz CT molecular complexity index is 967. The molecule has 1 aliphatic heterocycles. The number of anilines is 1. The van der Waals surface area contributed by atoms with Crippen molar-refractivity contribution in [2.24, 2.45) is 5.73 Å². The molecule has 1 atom stereocenters. The van der Waals surface area contributed by atoms with Gasteiger partial charge in [0.2, 0.25) is 5.88 Å². The van der Waals surface area contributed by atoms with Gasteiger partial charge in [-0.25, -0.2) is 4.79 Å². The third-order valence-corrected chi connectivity index (χ3v) is 4.61. The van der Waals surface area contributed by atoms with Crippen LogP contribution in [0.1, 0.15) is 31.7 Å². The number of hydrogen-bond donors (Lipinski definition) is 2. The second-order valence-corrected chi connectivity index (χ2v) is 6.54. The van der Waals surface area contributed by atoms with Crippen molar-refractivity contribution in [1.82, 2.24) is 0 Å². The zero-order valence-corrected chi connectivity index (χ0v) is 16.4. The Kier molecular flexibility index (Phi) is 6.07. The minimum absolute atomic E-state index is 0.0561. The lowest BCUT2D eigenvalue weighted by Crippen LogP contribution is -2.28. The Morgan fingerprint density at radius 3 is 2.41 bits per heavy atom. The minimum atomic E-state index is -0.641. The number of fused-ring (bicyclic) bond motifs is 1. The summed E-state index contributed by atoms with van der Waals surface area (Å²) in [5.41, 5.74) is 15.1. The van der Waals surface area contributed by atoms with Crippen LogP contribution in [0.4, 0.5) is 5.69 Å². The van der Waals surface area contributed by atoms with Gasteiger partial charge in [0.05, 0.1) is 19.6 Å². The van der Waals surface area contributed by atoms with Gasteiger partial charge < -0.3 is 25.7 Å². The van der Waals surface area contributed by atoms with Gasteiger partial charge >= 0.3 is 11.9 Å². The van der Waals surface area contributed by atoms with Gasteiger partial charge in [-0.05, 0) is 49.2 Å². The number of benzene rings is 2. The van der Waals surface area contributed by atoms with Gasteiger partial charge in [-0.3, -0.25) is 4.79 Å². The van der Waals surface area contributed by atoms with E-state index in [0.29, 0.717) is 17.0 Å². The fourth-order valence-electron chi connectivity index (χ4n) is 3.36. The van der Waals surface area contributed by atoms with E-state index in [-0.39, 0.29) is 31.1 Å². The van der Waals surface area contributed by atoms with Crippen molar-refractivity contribution < 1.29 is 23.8 Å². The number of carbonyl (C=O) groups is 2. The predicted molar refractivity (Wildman–Crippen MR) is 109 cm³/mol. The van der Waals surface area contributed by atoms with Crippen LogP contribution in [0.2, 0.25) is 0 Å². The molecule has 1 heterocycles. The molecule has 0 saturated heterocycles. The van der Waals surface area contributed by atoms with Crippen LogP contribution in [-0.2, 0) is 19.1 Å². The molecular weight excluding hydrogens is 372 g/mol. The van der Waals surface area contributed by atoms with Crippen LogP contribution in [-0.4, -0.2) is 25.2 Å². The molecule has 0 radical (unpaired) electrons. The molecule has 0 aromatic heterocycles. The second kappa shape index (κ2) is 8.68. The molecule has 0 amide bonds. The lowest BCUT2D eigenvalue weighted by molar-refractivity contribution is -0.143. The molecule has 0 spiro atoms. The first-order valence-corrected chi connectivity index (χ1v) is 9.44. The molecule has 0 aliphatic carbocycles. The van der Waals surface area contributed by atoms with Crippen LogP contribution in [0.3, 0.4) is 0 Å². The predicted octanol–water partition coefficient (Wildman–Crippen LogP) is 3.10. The molecule has 4 N–H and O–H groups in total. The normalized spacial score (nSPS) is 15.3. The molecule has 3 rings (SSSR count). The van der Waals surface area contributed by atoms with E-state index in [0.717, 1.165) is 11.1 Å². The van der Waals surface area contributed by atoms with Gasteiger partial charge in [0.1, 0.15) is 11.3 Å². The molecule has 1 aliphatic rings. The Morgan fingerprint density at radius 1 is 1.00 bits per heavy atom. The van der Waals surface area contributed by atoms with Gasteiger partial charge in [-0.15, -0.1) is 0 Å². The summed E-state index contributed by atoms with van der Waals surface area (Å²) in [5.74, 6) is -1.27. The largest absolute Gasteiger partial charge is 0.466 e. The SMILES string of the molecule is CCOC(=O)CC1C(C(=O)OCC)=C(N)Oc2ccc(-c3cccc(N)c3)cc21. The van der Waals surface area contributed by atoms with E-state index in [4.69, 9.17) is 25.7 Å². The maximum absolute atomic E-state index is 12.6. The first kappa shape index (κ1) is 20.3. The summed E-state index contributed by atoms with van der Waals surface area (Å²) in [4.78, 5) is 24.8. The molecule has 0 saturated carbocycles. The number of nitrogen functional groups attached to an aromatic ring is 1. The topological polar surface area (TPSA) is 114 Å². The van der Waals surface area contributed by atoms with Crippen molar-refractivity contribution in [1.29, 1.82) is 0 Å². The number of hydrogen-bond acceptors (Lipinski definition) is 7. The Morgan fingerprint density at radius 2 is 1.72 bits per heavy atom. The van der Waals surface area contributed by atoms with Crippen molar-refractivity contribution in [2.45, 2.75) is 26.2 Å². The van der Waals surface area contributed by atoms with E-state index in [9.17, 15) is 9.59 Å². The average Bonchev–Trinajstić information content (AvgIpc) is 2.68. The second-order valence-electron chi connectivity index (χ2n) is 6.54. The highest BCUT2D eigenvalue weighted by Crippen LogP contribution is 2.42. The van der Waals surface area contributed by atoms with Crippen LogP contribution in [0.15, 0.2) is 53.9 Å². The molecule has 7 heteroatoms. The highest BCUT2D eigenvalue weighted by atomic mass is 16.5. The third-order valence-electron chi connectivity index (χ3n) is 4.61. The first-order valence-electron chi connectivity index (χ1n) is 9.44. The van der Waals surface area contributed by atoms with Gasteiger partial charge in [0.15, 0.2) is 0 Å². The van der Waals surface area contributed by atoms with Crippen LogP contribution >= 0.6 is 0 Å². The minimum Gasteiger partial charge on any atom is -0.466 e. The van der Waals surface area contributed by atoms with Crippen molar-refractivity contribution in [3.63, 3.8) is 0 Å². The summed E-state index contributed by atoms with van der Waals surface area (Å²) < 4.78 is 15.9. The van der Waals surface area contributed by atoms with E-state index in [2.05, 4.69) is 0 Å². The third kappa shape index (κ3) is 4.34. The maximum Gasteiger partial charge on any atom is 0.340 e. The van der Waals surface area contributed by atoms with E-state index in [1.54, 1.807) is 26.0 Å². The molecule has 152 valence electrons. The standard InChI is InChI=1S/C22H24N2O5/c1-3-27-19(25)12-17-16-11-14(13-6-5-7-15(23)10-13)8-9-18(16)29-21(24)20(17)22(26)28-4-2/h5-11,17H,3-4,12,23-24H2,1-2H3. The van der Waals surface area contributed by atoms with Crippen molar-refractivity contribution >= 4 is 17.6 Å². The quantitative estimate of drug-likeness (QED) is 0.570. The molecule has 1 unspecified atom stereocenters. The average molecular weight is 396 g/mol. The first-order chi connectivity index (χ1) is 13.9. The lowest BCUT2D eigenvalue weighted by Gasteiger charge is -2.28. The van der Waals surface area contributed by atoms with Gasteiger partial charge in [-0.2, -0.15) is 0 Å². The van der Waals surface area contributed by atoms with E-state index in [1.165, 1.54) is 0 Å². The number of carbonyl (C=O) groups excluding carboxylic acids is 2. The summed E-state index contributed by atoms with van der Waals surface area (Å²) in [6.45, 7) is 3.85. The fourth-order valence-corrected chi connectivity index (χ4v) is 3.36. The summed E-state index contributed by atoms with van der Waals surface area (Å²) in [5, 5.41) is 0.